The first-order chi connectivity index (χ1) is 14.2. The van der Waals surface area contributed by atoms with Crippen LogP contribution in [0.5, 0.6) is 0 Å². The SMILES string of the molecule is CC1=C[C@]2(O)/C=C\[C@](C)(O)[C@H](O)[C@H](O)/C=C\C(=O)O[C@]23C(=O)N[C@H](CC(C)C)[C@@H]3[C@@H]1C. The third-order valence-electron chi connectivity index (χ3n) is 6.87. The average Bonchev–Trinajstić information content (AvgIpc) is 2.93. The Morgan fingerprint density at radius 3 is 2.45 bits per heavy atom. The molecule has 3 aliphatic rings. The van der Waals surface area contributed by atoms with Crippen molar-refractivity contribution >= 4 is 11.9 Å². The Bertz CT molecular complexity index is 845. The maximum atomic E-state index is 13.4. The van der Waals surface area contributed by atoms with Crippen molar-refractivity contribution in [2.75, 3.05) is 0 Å². The second-order valence-corrected chi connectivity index (χ2v) is 9.75. The van der Waals surface area contributed by atoms with E-state index in [9.17, 15) is 30.0 Å². The highest BCUT2D eigenvalue weighted by Gasteiger charge is 2.70. The second kappa shape index (κ2) is 7.85. The van der Waals surface area contributed by atoms with Gasteiger partial charge in [-0.05, 0) is 50.3 Å². The third kappa shape index (κ3) is 3.75. The summed E-state index contributed by atoms with van der Waals surface area (Å²) in [6.45, 7) is 9.06. The van der Waals surface area contributed by atoms with Gasteiger partial charge in [-0.2, -0.15) is 0 Å². The predicted molar refractivity (Wildman–Crippen MR) is 112 cm³/mol. The molecule has 0 radical (unpaired) electrons. The van der Waals surface area contributed by atoms with Crippen LogP contribution in [0, 0.1) is 17.8 Å². The first-order valence-electron chi connectivity index (χ1n) is 10.7. The minimum atomic E-state index is -2.08. The normalized spacial score (nSPS) is 47.4. The minimum absolute atomic E-state index is 0.185. The Kier molecular flexibility index (Phi) is 5.99. The standard InChI is InChI=1S/C23H33NO7/c1-12(2)10-15-18-14(4)13(3)11-22(30)9-8-21(5,29)19(27)16(25)6-7-17(26)31-23(18,22)20(28)24-15/h6-9,11-12,14-16,18-19,25,27,29-30H,10H2,1-5H3,(H,24,28)/b7-6-,9-8-/t14-,15-,16-,18+,19-,21+,22-,23-/m1/s1. The van der Waals surface area contributed by atoms with Crippen molar-refractivity contribution in [3.05, 3.63) is 36.0 Å². The van der Waals surface area contributed by atoms with Crippen molar-refractivity contribution < 1.29 is 34.8 Å². The van der Waals surface area contributed by atoms with Crippen LogP contribution in [0.15, 0.2) is 36.0 Å². The molecule has 1 saturated heterocycles. The predicted octanol–water partition coefficient (Wildman–Crippen LogP) is 0.355. The van der Waals surface area contributed by atoms with Crippen molar-refractivity contribution in [2.45, 2.75) is 76.1 Å². The summed E-state index contributed by atoms with van der Waals surface area (Å²) in [5, 5.41) is 45.9. The number of hydrogen-bond donors (Lipinski definition) is 5. The lowest BCUT2D eigenvalue weighted by Gasteiger charge is -2.49. The summed E-state index contributed by atoms with van der Waals surface area (Å²) in [6, 6.07) is -0.343. The van der Waals surface area contributed by atoms with Crippen molar-refractivity contribution in [2.24, 2.45) is 17.8 Å². The number of aliphatic hydroxyl groups is 4. The summed E-state index contributed by atoms with van der Waals surface area (Å²) >= 11 is 0. The van der Waals surface area contributed by atoms with Crippen LogP contribution in [-0.2, 0) is 14.3 Å². The number of nitrogens with one attached hydrogen (secondary N) is 1. The van der Waals surface area contributed by atoms with Gasteiger partial charge in [0.2, 0.25) is 5.60 Å². The highest BCUT2D eigenvalue weighted by molar-refractivity contribution is 5.95. The lowest BCUT2D eigenvalue weighted by molar-refractivity contribution is -0.192. The fourth-order valence-corrected chi connectivity index (χ4v) is 5.12. The van der Waals surface area contributed by atoms with E-state index < -0.39 is 46.8 Å². The van der Waals surface area contributed by atoms with Gasteiger partial charge in [0.15, 0.2) is 5.60 Å². The first kappa shape index (κ1) is 23.7. The van der Waals surface area contributed by atoms with Crippen LogP contribution in [0.25, 0.3) is 0 Å². The molecule has 2 heterocycles. The van der Waals surface area contributed by atoms with Crippen LogP contribution in [0.3, 0.4) is 0 Å². The summed E-state index contributed by atoms with van der Waals surface area (Å²) in [4.78, 5) is 26.1. The van der Waals surface area contributed by atoms with Gasteiger partial charge in [0.1, 0.15) is 17.8 Å². The van der Waals surface area contributed by atoms with Crippen LogP contribution in [0.4, 0.5) is 0 Å². The molecule has 5 N–H and O–H groups in total. The van der Waals surface area contributed by atoms with E-state index in [-0.39, 0.29) is 17.9 Å². The molecular formula is C23H33NO7. The molecule has 0 aromatic carbocycles. The van der Waals surface area contributed by atoms with Gasteiger partial charge >= 0.3 is 5.97 Å². The zero-order chi connectivity index (χ0) is 23.4. The molecule has 0 aromatic rings. The fraction of sp³-hybridized carbons (Fsp3) is 0.652. The number of esters is 1. The molecule has 3 rings (SSSR count). The Labute approximate surface area is 182 Å². The molecular weight excluding hydrogens is 402 g/mol. The topological polar surface area (TPSA) is 136 Å². The summed E-state index contributed by atoms with van der Waals surface area (Å²) in [5.74, 6) is -2.07. The van der Waals surface area contributed by atoms with Gasteiger partial charge in [-0.3, -0.25) is 4.79 Å². The quantitative estimate of drug-likeness (QED) is 0.312. The largest absolute Gasteiger partial charge is 0.441 e. The van der Waals surface area contributed by atoms with E-state index in [1.54, 1.807) is 0 Å². The highest BCUT2D eigenvalue weighted by Crippen LogP contribution is 2.52. The summed E-state index contributed by atoms with van der Waals surface area (Å²) < 4.78 is 5.74. The first-order valence-corrected chi connectivity index (χ1v) is 10.7. The van der Waals surface area contributed by atoms with E-state index in [0.717, 1.165) is 23.8 Å². The van der Waals surface area contributed by atoms with Crippen LogP contribution in [0.1, 0.15) is 41.0 Å². The summed E-state index contributed by atoms with van der Waals surface area (Å²) in [7, 11) is 0. The van der Waals surface area contributed by atoms with E-state index in [4.69, 9.17) is 4.74 Å². The lowest BCUT2D eigenvalue weighted by atomic mass is 9.61. The molecule has 0 saturated carbocycles. The molecule has 1 fully saturated rings. The van der Waals surface area contributed by atoms with Crippen molar-refractivity contribution in [1.82, 2.24) is 5.32 Å². The molecule has 8 nitrogen and oxygen atoms in total. The van der Waals surface area contributed by atoms with E-state index in [1.807, 2.05) is 27.7 Å². The second-order valence-electron chi connectivity index (χ2n) is 9.75. The van der Waals surface area contributed by atoms with Gasteiger partial charge in [-0.25, -0.2) is 4.79 Å². The number of allylic oxidation sites excluding steroid dienone is 1. The molecule has 31 heavy (non-hydrogen) atoms. The molecule has 1 aliphatic carbocycles. The van der Waals surface area contributed by atoms with E-state index in [2.05, 4.69) is 5.32 Å². The summed E-state index contributed by atoms with van der Waals surface area (Å²) in [6.07, 6.45) is 3.06. The van der Waals surface area contributed by atoms with Gasteiger partial charge in [-0.15, -0.1) is 0 Å². The molecule has 0 bridgehead atoms. The molecule has 0 unspecified atom stereocenters. The van der Waals surface area contributed by atoms with E-state index in [1.165, 1.54) is 19.1 Å². The smallest absolute Gasteiger partial charge is 0.331 e. The van der Waals surface area contributed by atoms with Crippen molar-refractivity contribution in [3.63, 3.8) is 0 Å². The Balaban J connectivity index is 2.26. The van der Waals surface area contributed by atoms with E-state index in [0.29, 0.717) is 6.42 Å². The maximum Gasteiger partial charge on any atom is 0.331 e. The minimum Gasteiger partial charge on any atom is -0.441 e. The number of ether oxygens (including phenoxy) is 1. The molecule has 0 aromatic heterocycles. The van der Waals surface area contributed by atoms with Gasteiger partial charge < -0.3 is 30.5 Å². The Morgan fingerprint density at radius 2 is 1.84 bits per heavy atom. The zero-order valence-electron chi connectivity index (χ0n) is 18.6. The Hall–Kier alpha value is -2.00. The number of rotatable bonds is 2. The Morgan fingerprint density at radius 1 is 1.19 bits per heavy atom. The average molecular weight is 436 g/mol. The van der Waals surface area contributed by atoms with Crippen LogP contribution >= 0.6 is 0 Å². The summed E-state index contributed by atoms with van der Waals surface area (Å²) in [5.41, 5.74) is -5.20. The number of carbonyl (C=O) groups is 2. The monoisotopic (exact) mass is 435 g/mol. The van der Waals surface area contributed by atoms with Gasteiger partial charge in [0, 0.05) is 18.0 Å². The molecule has 172 valence electrons. The molecule has 8 atom stereocenters. The van der Waals surface area contributed by atoms with Gasteiger partial charge in [0.25, 0.3) is 5.91 Å². The van der Waals surface area contributed by atoms with Crippen LogP contribution in [0.2, 0.25) is 0 Å². The van der Waals surface area contributed by atoms with Crippen molar-refractivity contribution in [3.8, 4) is 0 Å². The van der Waals surface area contributed by atoms with Crippen LogP contribution in [-0.4, -0.2) is 67.4 Å². The van der Waals surface area contributed by atoms with Crippen molar-refractivity contribution in [1.29, 1.82) is 0 Å². The van der Waals surface area contributed by atoms with Crippen LogP contribution < -0.4 is 5.32 Å². The third-order valence-corrected chi connectivity index (χ3v) is 6.87. The van der Waals surface area contributed by atoms with E-state index >= 15 is 0 Å². The zero-order valence-corrected chi connectivity index (χ0v) is 18.6. The highest BCUT2D eigenvalue weighted by atomic mass is 16.6. The molecule has 1 amide bonds. The number of carbonyl (C=O) groups excluding carboxylic acids is 2. The lowest BCUT2D eigenvalue weighted by Crippen LogP contribution is -2.66. The van der Waals surface area contributed by atoms with Gasteiger partial charge in [0.05, 0.1) is 0 Å². The number of aliphatic hydroxyl groups excluding tert-OH is 2. The maximum absolute atomic E-state index is 13.4. The number of hydrogen-bond acceptors (Lipinski definition) is 7. The van der Waals surface area contributed by atoms with Gasteiger partial charge in [-0.1, -0.05) is 32.4 Å². The fourth-order valence-electron chi connectivity index (χ4n) is 5.12. The number of amides is 1. The molecule has 1 spiro atoms. The molecule has 8 heteroatoms. The molecule has 2 aliphatic heterocycles.